The molecule has 0 aliphatic carbocycles. The van der Waals surface area contributed by atoms with Gasteiger partial charge in [-0.3, -0.25) is 24.0 Å². The number of rotatable bonds is 35. The maximum atomic E-state index is 14.2. The lowest BCUT2D eigenvalue weighted by Crippen LogP contribution is -2.41. The summed E-state index contributed by atoms with van der Waals surface area (Å²) in [6.07, 6.45) is 5.38. The Bertz CT molecular complexity index is 4030. The predicted octanol–water partition coefficient (Wildman–Crippen LogP) is 13.9. The molecule has 0 saturated carbocycles. The van der Waals surface area contributed by atoms with Crippen LogP contribution in [-0.4, -0.2) is 245 Å². The first kappa shape index (κ1) is 113. The number of carbonyl (C=O) groups excluding carboxylic acids is 4. The number of aliphatic carboxylic acids is 1. The maximum Gasteiger partial charge on any atom is 0.320 e. The van der Waals surface area contributed by atoms with E-state index in [1.54, 1.807) is 0 Å². The first-order valence-electron chi connectivity index (χ1n) is 41.7. The van der Waals surface area contributed by atoms with E-state index in [9.17, 15) is 24.0 Å². The normalized spacial score (nSPS) is 12.4. The standard InChI is InChI=1S/C76H120N8O8S4.C11H12N2O2.4NO3/c1-25-81(17,18)37-29-33-77-65(85)49-89-69-57-41-53(73(5,6)7)42-58(69)94-60-44-55(75(11,12)13)46-62(71(60)91-51-67(87)79-35-31-39-83(21,22)27-3)96-64-48-56(76(14,15)16)47-63(72(64)92-52-68(88)80-36-32-40-84(23,24)28-4)95-61-45-54(74(8,9)10)43-59(93-57)70(61)90-50-66(86)78-34-30-38-82(19,20)26-2;12-9(11(14)15)5-7-6-13-10-4-2-1-3-8(7)10;4*2-1(3)4/h41-48H,25-40,49-52H2,1-24H3;1-4,6,9,13H,5,12H2,(H,14,15);;;;/q;;4*-1/p+4. The van der Waals surface area contributed by atoms with Crippen LogP contribution >= 0.6 is 47.0 Å². The summed E-state index contributed by atoms with van der Waals surface area (Å²) in [6, 6.07) is 24.2. The van der Waals surface area contributed by atoms with Crippen LogP contribution in [0.3, 0.4) is 0 Å². The van der Waals surface area contributed by atoms with E-state index in [2.05, 4.69) is 242 Å². The smallest absolute Gasteiger partial charge is 0.320 e. The largest absolute Gasteiger partial charge is 0.481 e. The third kappa shape index (κ3) is 43.7. The molecule has 8 N–H and O–H groups in total. The second-order valence-corrected chi connectivity index (χ2v) is 41.2. The van der Waals surface area contributed by atoms with Gasteiger partial charge in [0.2, 0.25) is 0 Å². The average molecular weight is 1860 g/mol. The van der Waals surface area contributed by atoms with Crippen LogP contribution in [0.25, 0.3) is 10.9 Å². The molecule has 0 radical (unpaired) electrons. The van der Waals surface area contributed by atoms with Gasteiger partial charge in [-0.05, 0) is 132 Å². The lowest BCUT2D eigenvalue weighted by atomic mass is 9.87. The van der Waals surface area contributed by atoms with Crippen LogP contribution in [0.4, 0.5) is 0 Å². The lowest BCUT2D eigenvalue weighted by molar-refractivity contribution is -0.888. The zero-order chi connectivity index (χ0) is 97.0. The Hall–Kier alpha value is -9.81. The molecule has 8 bridgehead atoms. The Morgan fingerprint density at radius 1 is 0.402 bits per heavy atom. The zero-order valence-corrected chi connectivity index (χ0v) is 81.5. The predicted molar refractivity (Wildman–Crippen MR) is 499 cm³/mol. The summed E-state index contributed by atoms with van der Waals surface area (Å²) >= 11 is 5.92. The van der Waals surface area contributed by atoms with E-state index in [0.717, 1.165) is 174 Å². The molecule has 36 nitrogen and oxygen atoms in total. The van der Waals surface area contributed by atoms with Crippen LogP contribution in [0, 0.1) is 61.3 Å². The number of carbonyl (C=O) groups is 5. The number of aromatic nitrogens is 1. The average Bonchev–Trinajstić information content (AvgIpc) is 1.23. The monoisotopic (exact) mass is 1860 g/mol. The van der Waals surface area contributed by atoms with Crippen molar-refractivity contribution in [2.75, 3.05) is 161 Å². The molecule has 0 fully saturated rings. The number of quaternary nitrogens is 4. The van der Waals surface area contributed by atoms with Crippen molar-refractivity contribution < 1.29 is 86.3 Å². The number of nitrogens with zero attached hydrogens (tertiary/aromatic N) is 8. The molecular weight excluding hydrogens is 1720 g/mol. The second-order valence-electron chi connectivity index (χ2n) is 36.9. The van der Waals surface area contributed by atoms with E-state index in [4.69, 9.17) is 91.1 Å². The van der Waals surface area contributed by atoms with E-state index in [-0.39, 0.29) is 71.7 Å². The molecule has 710 valence electrons. The van der Waals surface area contributed by atoms with Crippen LogP contribution in [0.5, 0.6) is 23.0 Å². The molecule has 40 heteroatoms. The molecule has 0 saturated heterocycles. The molecule has 4 amide bonds. The molecule has 1 unspecified atom stereocenters. The first-order valence-corrected chi connectivity index (χ1v) is 45.0. The third-order valence-electron chi connectivity index (χ3n) is 20.7. The fourth-order valence-electron chi connectivity index (χ4n) is 11.6. The molecule has 6 aromatic rings. The van der Waals surface area contributed by atoms with E-state index in [0.29, 0.717) is 55.6 Å². The van der Waals surface area contributed by atoms with E-state index in [1.165, 1.54) is 47.0 Å². The quantitative estimate of drug-likeness (QED) is 0.00839. The molecule has 1 atom stereocenters. The van der Waals surface area contributed by atoms with E-state index < -0.39 is 32.4 Å². The molecule has 127 heavy (non-hydrogen) atoms. The van der Waals surface area contributed by atoms with Crippen LogP contribution in [0.2, 0.25) is 0 Å². The molecule has 1 aliphatic rings. The number of ether oxygens (including phenoxy) is 4. The van der Waals surface area contributed by atoms with E-state index >= 15 is 0 Å². The summed E-state index contributed by atoms with van der Waals surface area (Å²) < 4.78 is 31.4. The lowest BCUT2D eigenvalue weighted by Gasteiger charge is -2.28. The molecular formula is C87H136N14O22S4. The molecule has 2 heterocycles. The van der Waals surface area contributed by atoms with Gasteiger partial charge in [-0.2, -0.15) is 0 Å². The fourth-order valence-corrected chi connectivity index (χ4v) is 16.4. The van der Waals surface area contributed by atoms with Gasteiger partial charge in [-0.15, -0.1) is 0 Å². The van der Waals surface area contributed by atoms with E-state index in [1.807, 2.05) is 30.5 Å². The number of carboxylic acid groups (broad SMARTS) is 1. The highest BCUT2D eigenvalue weighted by Gasteiger charge is 2.33. The summed E-state index contributed by atoms with van der Waals surface area (Å²) in [7, 11) is 17.6. The SMILES string of the molecule is CC[N+](C)(C)CCCNC(=O)COc1c2cc(C(C)(C)C)cc1Sc1cc(C(C)(C)C)cc(c1OCC(=O)NCCC[N+](C)(C)CC)Sc1cc(C(C)(C)C)cc(c1OCC(=O)NCCC[N+](C)(C)CC)Sc1cc(C(C)(C)C)cc(c1OCC(=O)NCCC[N+](C)(C)CC)S2.NC(Cc1c[nH]c2ccccc12)C(=O)O.O=[N+]([O-])[O-].O=[N+]([O-])[O-].O=[N+]([O-])[O-].O=[N+]([O-])[O-]. The number of H-pyrrole nitrogens is 1. The Morgan fingerprint density at radius 2 is 0.606 bits per heavy atom. The number of benzene rings is 5. The third-order valence-corrected chi connectivity index (χ3v) is 24.9. The van der Waals surface area contributed by atoms with Crippen LogP contribution in [-0.2, 0) is 52.1 Å². The number of hydrogen-bond acceptors (Lipinski definition) is 26. The number of aromatic amines is 1. The fraction of sp³-hybridized carbons (Fsp3) is 0.575. The minimum Gasteiger partial charge on any atom is -0.481 e. The second kappa shape index (κ2) is 52.0. The van der Waals surface area contributed by atoms with Crippen LogP contribution in [0.15, 0.2) is 118 Å². The Morgan fingerprint density at radius 3 is 0.795 bits per heavy atom. The summed E-state index contributed by atoms with van der Waals surface area (Å²) in [5, 5.41) is 81.4. The minimum atomic E-state index is -1.75. The highest BCUT2D eigenvalue weighted by Crippen LogP contribution is 2.57. The van der Waals surface area contributed by atoms with Crippen molar-refractivity contribution in [3.8, 4) is 23.0 Å². The minimum absolute atomic E-state index is 0.242. The van der Waals surface area contributed by atoms with Gasteiger partial charge < -0.3 is 135 Å². The highest BCUT2D eigenvalue weighted by atomic mass is 32.2. The van der Waals surface area contributed by atoms with Gasteiger partial charge in [0.05, 0.1) is 168 Å². The van der Waals surface area contributed by atoms with Crippen LogP contribution in [0.1, 0.15) is 164 Å². The van der Waals surface area contributed by atoms with Gasteiger partial charge in [0.15, 0.2) is 26.4 Å². The molecule has 0 spiro atoms. The van der Waals surface area contributed by atoms with Gasteiger partial charge in [-0.1, -0.05) is 148 Å². The summed E-state index contributed by atoms with van der Waals surface area (Å²) in [5.74, 6) is 0.0272. The van der Waals surface area contributed by atoms with Gasteiger partial charge in [0.25, 0.3) is 23.6 Å². The Kier molecular flexibility index (Phi) is 46.4. The first-order chi connectivity index (χ1) is 58.6. The number of carboxylic acids is 1. The maximum absolute atomic E-state index is 14.2. The number of para-hydroxylation sites is 1. The summed E-state index contributed by atoms with van der Waals surface area (Å²) in [4.78, 5) is 109. The molecule has 5 aromatic carbocycles. The van der Waals surface area contributed by atoms with Crippen molar-refractivity contribution in [2.24, 2.45) is 5.73 Å². The number of amides is 4. The van der Waals surface area contributed by atoms with Gasteiger partial charge >= 0.3 is 5.97 Å². The molecule has 7 rings (SSSR count). The number of fused-ring (bicyclic) bond motifs is 9. The Labute approximate surface area is 763 Å². The van der Waals surface area contributed by atoms with Gasteiger partial charge in [0, 0.05) is 75.4 Å². The number of hydrogen-bond donors (Lipinski definition) is 7. The van der Waals surface area contributed by atoms with Crippen molar-refractivity contribution >= 4 is 87.5 Å². The Balaban J connectivity index is 0.00000148. The van der Waals surface area contributed by atoms with Gasteiger partial charge in [-0.25, -0.2) is 0 Å². The van der Waals surface area contributed by atoms with Crippen molar-refractivity contribution in [3.05, 3.63) is 168 Å². The molecule has 1 aromatic heterocycles. The van der Waals surface area contributed by atoms with Crippen molar-refractivity contribution in [3.63, 3.8) is 0 Å². The van der Waals surface area contributed by atoms with Crippen molar-refractivity contribution in [1.82, 2.24) is 26.3 Å². The van der Waals surface area contributed by atoms with Gasteiger partial charge in [0.1, 0.15) is 29.0 Å². The molecule has 1 aliphatic heterocycles. The van der Waals surface area contributed by atoms with Crippen molar-refractivity contribution in [1.29, 1.82) is 0 Å². The summed E-state index contributed by atoms with van der Waals surface area (Å²) in [5.41, 5.74) is 9.97. The number of nitrogens with two attached hydrogens (primary N) is 1. The van der Waals surface area contributed by atoms with Crippen LogP contribution < -0.4 is 45.9 Å². The summed E-state index contributed by atoms with van der Waals surface area (Å²) in [6.45, 7) is 43.5. The zero-order valence-electron chi connectivity index (χ0n) is 78.2. The topological polar surface area (TPSA) is 497 Å². The highest BCUT2D eigenvalue weighted by molar-refractivity contribution is 8.01. The van der Waals surface area contributed by atoms with Crippen molar-refractivity contribution in [2.45, 2.75) is 210 Å². The number of nitrogens with one attached hydrogen (secondary N) is 5.